The van der Waals surface area contributed by atoms with Crippen LogP contribution in [0.15, 0.2) is 48.5 Å². The molecule has 0 aliphatic rings. The van der Waals surface area contributed by atoms with Crippen molar-refractivity contribution in [3.8, 4) is 5.75 Å². The standard InChI is InChI=1S/C22H30FN3O2/c1-17(14-18-8-7-10-20(15-18)28-4)24-22(27)26(13-12-25(2)3)16-19-9-5-6-11-21(19)23/h5-11,15,17H,12-14,16H2,1-4H3,(H,24,27). The zero-order valence-electron chi connectivity index (χ0n) is 17.1. The monoisotopic (exact) mass is 387 g/mol. The highest BCUT2D eigenvalue weighted by atomic mass is 19.1. The van der Waals surface area contributed by atoms with Gasteiger partial charge < -0.3 is 19.9 Å². The fraction of sp³-hybridized carbons (Fsp3) is 0.409. The largest absolute Gasteiger partial charge is 0.497 e. The van der Waals surface area contributed by atoms with Crippen LogP contribution in [0, 0.1) is 5.82 Å². The van der Waals surface area contributed by atoms with Crippen molar-refractivity contribution in [3.63, 3.8) is 0 Å². The minimum atomic E-state index is -0.297. The minimum absolute atomic E-state index is 0.0675. The van der Waals surface area contributed by atoms with Crippen molar-refractivity contribution in [1.29, 1.82) is 0 Å². The smallest absolute Gasteiger partial charge is 0.317 e. The fourth-order valence-electron chi connectivity index (χ4n) is 2.91. The maximum absolute atomic E-state index is 14.1. The highest BCUT2D eigenvalue weighted by Crippen LogP contribution is 2.14. The Morgan fingerprint density at radius 1 is 1.14 bits per heavy atom. The summed E-state index contributed by atoms with van der Waals surface area (Å²) in [5.41, 5.74) is 1.60. The van der Waals surface area contributed by atoms with Crippen LogP contribution in [-0.4, -0.2) is 56.2 Å². The van der Waals surface area contributed by atoms with Crippen molar-refractivity contribution in [2.45, 2.75) is 25.9 Å². The Labute approximate surface area is 167 Å². The van der Waals surface area contributed by atoms with Crippen LogP contribution >= 0.6 is 0 Å². The van der Waals surface area contributed by atoms with Gasteiger partial charge in [0.25, 0.3) is 0 Å². The predicted molar refractivity (Wildman–Crippen MR) is 110 cm³/mol. The van der Waals surface area contributed by atoms with E-state index in [-0.39, 0.29) is 24.4 Å². The van der Waals surface area contributed by atoms with Gasteiger partial charge in [0.05, 0.1) is 13.7 Å². The van der Waals surface area contributed by atoms with Crippen molar-refractivity contribution in [2.24, 2.45) is 0 Å². The molecule has 2 aromatic carbocycles. The minimum Gasteiger partial charge on any atom is -0.497 e. The molecule has 0 saturated heterocycles. The fourth-order valence-corrected chi connectivity index (χ4v) is 2.91. The summed E-state index contributed by atoms with van der Waals surface area (Å²) in [6.07, 6.45) is 0.685. The predicted octanol–water partition coefficient (Wildman–Crippen LogP) is 3.54. The quantitative estimate of drug-likeness (QED) is 0.716. The molecule has 152 valence electrons. The van der Waals surface area contributed by atoms with Gasteiger partial charge in [-0.1, -0.05) is 30.3 Å². The van der Waals surface area contributed by atoms with Crippen LogP contribution < -0.4 is 10.1 Å². The van der Waals surface area contributed by atoms with E-state index in [1.807, 2.05) is 50.2 Å². The molecule has 1 atom stereocenters. The molecule has 2 amide bonds. The number of hydrogen-bond donors (Lipinski definition) is 1. The number of urea groups is 1. The first-order valence-corrected chi connectivity index (χ1v) is 9.45. The maximum atomic E-state index is 14.1. The molecule has 28 heavy (non-hydrogen) atoms. The topological polar surface area (TPSA) is 44.8 Å². The lowest BCUT2D eigenvalue weighted by Gasteiger charge is -2.27. The van der Waals surface area contributed by atoms with Crippen molar-refractivity contribution in [3.05, 3.63) is 65.5 Å². The molecule has 1 N–H and O–H groups in total. The average molecular weight is 387 g/mol. The van der Waals surface area contributed by atoms with Crippen LogP contribution in [0.5, 0.6) is 5.75 Å². The van der Waals surface area contributed by atoms with Gasteiger partial charge in [0.2, 0.25) is 0 Å². The van der Waals surface area contributed by atoms with Gasteiger partial charge in [-0.2, -0.15) is 0 Å². The van der Waals surface area contributed by atoms with Gasteiger partial charge >= 0.3 is 6.03 Å². The molecule has 0 saturated carbocycles. The highest BCUT2D eigenvalue weighted by Gasteiger charge is 2.18. The number of amides is 2. The van der Waals surface area contributed by atoms with Gasteiger partial charge in [-0.25, -0.2) is 9.18 Å². The molecule has 2 rings (SSSR count). The average Bonchev–Trinajstić information content (AvgIpc) is 2.66. The highest BCUT2D eigenvalue weighted by molar-refractivity contribution is 5.74. The third-order valence-electron chi connectivity index (χ3n) is 4.47. The van der Waals surface area contributed by atoms with Crippen molar-refractivity contribution >= 4 is 6.03 Å². The lowest BCUT2D eigenvalue weighted by atomic mass is 10.1. The van der Waals surface area contributed by atoms with Crippen LogP contribution in [0.3, 0.4) is 0 Å². The summed E-state index contributed by atoms with van der Waals surface area (Å²) < 4.78 is 19.3. The van der Waals surface area contributed by atoms with Crippen LogP contribution in [0.4, 0.5) is 9.18 Å². The number of nitrogens with zero attached hydrogens (tertiary/aromatic N) is 2. The molecular weight excluding hydrogens is 357 g/mol. The molecule has 1 unspecified atom stereocenters. The second-order valence-corrected chi connectivity index (χ2v) is 7.22. The summed E-state index contributed by atoms with van der Waals surface area (Å²) in [4.78, 5) is 16.5. The number of methoxy groups -OCH3 is 1. The van der Waals surface area contributed by atoms with E-state index in [1.54, 1.807) is 30.2 Å². The Morgan fingerprint density at radius 2 is 1.89 bits per heavy atom. The molecule has 0 aliphatic carbocycles. The first-order chi connectivity index (χ1) is 13.4. The Bertz CT molecular complexity index is 767. The van der Waals surface area contributed by atoms with Crippen LogP contribution in [0.1, 0.15) is 18.1 Å². The molecule has 6 heteroatoms. The van der Waals surface area contributed by atoms with Gasteiger partial charge in [-0.05, 0) is 51.2 Å². The molecular formula is C22H30FN3O2. The summed E-state index contributed by atoms with van der Waals surface area (Å²) in [7, 11) is 5.53. The molecule has 0 aliphatic heterocycles. The van der Waals surface area contributed by atoms with Gasteiger partial charge in [0.1, 0.15) is 11.6 Å². The Morgan fingerprint density at radius 3 is 2.57 bits per heavy atom. The first-order valence-electron chi connectivity index (χ1n) is 9.45. The van der Waals surface area contributed by atoms with Crippen molar-refractivity contribution < 1.29 is 13.9 Å². The maximum Gasteiger partial charge on any atom is 0.317 e. The SMILES string of the molecule is COc1cccc(CC(C)NC(=O)N(CCN(C)C)Cc2ccccc2F)c1. The van der Waals surface area contributed by atoms with Crippen molar-refractivity contribution in [2.75, 3.05) is 34.3 Å². The number of ether oxygens (including phenoxy) is 1. The van der Waals surface area contributed by atoms with E-state index in [0.29, 0.717) is 25.1 Å². The van der Waals surface area contributed by atoms with Crippen molar-refractivity contribution in [1.82, 2.24) is 15.1 Å². The second-order valence-electron chi connectivity index (χ2n) is 7.22. The second kappa shape index (κ2) is 10.7. The molecule has 0 fully saturated rings. The molecule has 2 aromatic rings. The zero-order chi connectivity index (χ0) is 20.5. The summed E-state index contributed by atoms with van der Waals surface area (Å²) in [5, 5.41) is 3.03. The van der Waals surface area contributed by atoms with E-state index >= 15 is 0 Å². The van der Waals surface area contributed by atoms with Gasteiger partial charge in [0, 0.05) is 24.7 Å². The van der Waals surface area contributed by atoms with Crippen LogP contribution in [0.2, 0.25) is 0 Å². The van der Waals surface area contributed by atoms with E-state index in [9.17, 15) is 9.18 Å². The molecule has 5 nitrogen and oxygen atoms in total. The van der Waals surface area contributed by atoms with Crippen LogP contribution in [0.25, 0.3) is 0 Å². The molecule has 0 bridgehead atoms. The zero-order valence-corrected chi connectivity index (χ0v) is 17.1. The van der Waals surface area contributed by atoms with Gasteiger partial charge in [-0.3, -0.25) is 0 Å². The Hall–Kier alpha value is -2.60. The Balaban J connectivity index is 2.02. The number of benzene rings is 2. The molecule has 0 radical (unpaired) electrons. The third-order valence-corrected chi connectivity index (χ3v) is 4.47. The van der Waals surface area contributed by atoms with E-state index in [0.717, 1.165) is 11.3 Å². The number of likely N-dealkylation sites (N-methyl/N-ethyl adjacent to an activating group) is 1. The van der Waals surface area contributed by atoms with Crippen LogP contribution in [-0.2, 0) is 13.0 Å². The van der Waals surface area contributed by atoms with E-state index in [4.69, 9.17) is 4.74 Å². The first kappa shape index (κ1) is 21.7. The number of carbonyl (C=O) groups excluding carboxylic acids is 1. The van der Waals surface area contributed by atoms with E-state index < -0.39 is 0 Å². The molecule has 0 heterocycles. The van der Waals surface area contributed by atoms with Gasteiger partial charge in [-0.15, -0.1) is 0 Å². The van der Waals surface area contributed by atoms with Gasteiger partial charge in [0.15, 0.2) is 0 Å². The molecule has 0 spiro atoms. The summed E-state index contributed by atoms with van der Waals surface area (Å²) in [5.74, 6) is 0.498. The summed E-state index contributed by atoms with van der Waals surface area (Å²) >= 11 is 0. The number of rotatable bonds is 9. The third kappa shape index (κ3) is 6.85. The normalized spacial score (nSPS) is 11.9. The number of hydrogen-bond acceptors (Lipinski definition) is 3. The number of halogens is 1. The number of nitrogens with one attached hydrogen (secondary N) is 1. The molecule has 0 aromatic heterocycles. The lowest BCUT2D eigenvalue weighted by molar-refractivity contribution is 0.185. The lowest BCUT2D eigenvalue weighted by Crippen LogP contribution is -2.46. The number of carbonyl (C=O) groups is 1. The van der Waals surface area contributed by atoms with E-state index in [1.165, 1.54) is 6.07 Å². The summed E-state index contributed by atoms with van der Waals surface area (Å²) in [6.45, 7) is 3.41. The Kier molecular flexibility index (Phi) is 8.26. The summed E-state index contributed by atoms with van der Waals surface area (Å²) in [6, 6.07) is 14.1. The van der Waals surface area contributed by atoms with E-state index in [2.05, 4.69) is 5.32 Å².